The summed E-state index contributed by atoms with van der Waals surface area (Å²) in [6.07, 6.45) is 0.997. The van der Waals surface area contributed by atoms with Crippen LogP contribution in [-0.4, -0.2) is 44.1 Å². The van der Waals surface area contributed by atoms with Gasteiger partial charge in [-0.05, 0) is 24.0 Å². The number of allylic oxidation sites excluding steroid dienone is 3. The number of ether oxygens (including phenoxy) is 2. The molecule has 2 unspecified atom stereocenters. The number of carbonyl (C=O) groups is 1. The molecule has 0 spiro atoms. The van der Waals surface area contributed by atoms with Crippen LogP contribution in [0.3, 0.4) is 0 Å². The normalized spacial score (nSPS) is 20.6. The van der Waals surface area contributed by atoms with Crippen LogP contribution in [0.4, 0.5) is 0 Å². The number of methoxy groups -OCH3 is 2. The number of para-hydroxylation sites is 1. The maximum Gasteiger partial charge on any atom is 0.164 e. The van der Waals surface area contributed by atoms with E-state index in [1.165, 1.54) is 0 Å². The molecule has 170 valence electrons. The van der Waals surface area contributed by atoms with E-state index < -0.39 is 5.92 Å². The van der Waals surface area contributed by atoms with E-state index in [4.69, 9.17) is 15.2 Å². The molecule has 1 aliphatic heterocycles. The minimum absolute atomic E-state index is 0.00655. The number of hydrazine groups is 1. The number of hydrogen-bond acceptors (Lipinski definition) is 7. The van der Waals surface area contributed by atoms with Crippen LogP contribution in [0.15, 0.2) is 71.2 Å². The Balaban J connectivity index is 1.95. The van der Waals surface area contributed by atoms with Gasteiger partial charge in [0.2, 0.25) is 0 Å². The van der Waals surface area contributed by atoms with Crippen LogP contribution in [0.1, 0.15) is 35.8 Å². The van der Waals surface area contributed by atoms with Crippen molar-refractivity contribution in [3.63, 3.8) is 0 Å². The SMILES string of the molecule is COc1cccc(C2C(C#N)=C(N)N(N(C)C)C3=C2C(=O)CC(c2ccccc2)C3)c1OC. The Bertz CT molecular complexity index is 1180. The molecule has 0 radical (unpaired) electrons. The predicted octanol–water partition coefficient (Wildman–Crippen LogP) is 3.67. The molecule has 0 amide bonds. The van der Waals surface area contributed by atoms with Gasteiger partial charge in [-0.25, -0.2) is 5.01 Å². The minimum atomic E-state index is -0.629. The summed E-state index contributed by atoms with van der Waals surface area (Å²) in [7, 11) is 6.83. The second kappa shape index (κ2) is 9.00. The van der Waals surface area contributed by atoms with Crippen LogP contribution in [-0.2, 0) is 4.79 Å². The first-order valence-corrected chi connectivity index (χ1v) is 10.8. The lowest BCUT2D eigenvalue weighted by molar-refractivity contribution is -0.117. The van der Waals surface area contributed by atoms with Gasteiger partial charge < -0.3 is 15.2 Å². The molecule has 7 nitrogen and oxygen atoms in total. The van der Waals surface area contributed by atoms with Crippen molar-refractivity contribution in [1.82, 2.24) is 10.0 Å². The summed E-state index contributed by atoms with van der Waals surface area (Å²) in [5.41, 5.74) is 10.1. The molecule has 4 rings (SSSR count). The summed E-state index contributed by atoms with van der Waals surface area (Å²) in [6, 6.07) is 17.8. The van der Waals surface area contributed by atoms with Gasteiger partial charge in [0.05, 0.1) is 31.8 Å². The van der Waals surface area contributed by atoms with Crippen LogP contribution < -0.4 is 15.2 Å². The highest BCUT2D eigenvalue weighted by molar-refractivity contribution is 6.00. The molecule has 0 bridgehead atoms. The molecule has 33 heavy (non-hydrogen) atoms. The molecule has 0 saturated carbocycles. The highest BCUT2D eigenvalue weighted by Crippen LogP contribution is 2.50. The third-order valence-electron chi connectivity index (χ3n) is 6.36. The lowest BCUT2D eigenvalue weighted by atomic mass is 9.72. The second-order valence-electron chi connectivity index (χ2n) is 8.38. The second-order valence-corrected chi connectivity index (χ2v) is 8.38. The Labute approximate surface area is 194 Å². The van der Waals surface area contributed by atoms with Crippen molar-refractivity contribution in [3.8, 4) is 17.6 Å². The number of nitriles is 1. The number of nitrogens with two attached hydrogens (primary N) is 1. The Morgan fingerprint density at radius 3 is 2.39 bits per heavy atom. The topological polar surface area (TPSA) is 91.8 Å². The zero-order chi connectivity index (χ0) is 23.7. The third-order valence-corrected chi connectivity index (χ3v) is 6.36. The van der Waals surface area contributed by atoms with Crippen molar-refractivity contribution < 1.29 is 14.3 Å². The Morgan fingerprint density at radius 1 is 1.06 bits per heavy atom. The summed E-state index contributed by atoms with van der Waals surface area (Å²) in [5.74, 6) is 0.756. The summed E-state index contributed by atoms with van der Waals surface area (Å²) >= 11 is 0. The number of carbonyl (C=O) groups excluding carboxylic acids is 1. The van der Waals surface area contributed by atoms with Gasteiger partial charge in [0.1, 0.15) is 5.82 Å². The largest absolute Gasteiger partial charge is 0.493 e. The van der Waals surface area contributed by atoms with E-state index in [-0.39, 0.29) is 11.7 Å². The number of benzene rings is 2. The first-order valence-electron chi connectivity index (χ1n) is 10.8. The van der Waals surface area contributed by atoms with E-state index in [0.29, 0.717) is 46.9 Å². The van der Waals surface area contributed by atoms with E-state index in [0.717, 1.165) is 11.3 Å². The highest BCUT2D eigenvalue weighted by Gasteiger charge is 2.44. The van der Waals surface area contributed by atoms with E-state index in [2.05, 4.69) is 18.2 Å². The van der Waals surface area contributed by atoms with E-state index >= 15 is 0 Å². The van der Waals surface area contributed by atoms with Gasteiger partial charge >= 0.3 is 0 Å². The predicted molar refractivity (Wildman–Crippen MR) is 125 cm³/mol. The fraction of sp³-hybridized carbons (Fsp3) is 0.308. The fourth-order valence-corrected chi connectivity index (χ4v) is 4.98. The fourth-order valence-electron chi connectivity index (χ4n) is 4.98. The first-order chi connectivity index (χ1) is 15.9. The molecule has 0 fully saturated rings. The quantitative estimate of drug-likeness (QED) is 0.752. The zero-order valence-electron chi connectivity index (χ0n) is 19.3. The number of Topliss-reactive ketones (excluding diaryl/α,β-unsaturated/α-hetero) is 1. The van der Waals surface area contributed by atoms with Gasteiger partial charge in [0.25, 0.3) is 0 Å². The van der Waals surface area contributed by atoms with Gasteiger partial charge in [0, 0.05) is 37.3 Å². The van der Waals surface area contributed by atoms with Crippen LogP contribution >= 0.6 is 0 Å². The maximum absolute atomic E-state index is 13.7. The molecule has 1 aliphatic carbocycles. The minimum Gasteiger partial charge on any atom is -0.493 e. The lowest BCUT2D eigenvalue weighted by Gasteiger charge is -2.44. The van der Waals surface area contributed by atoms with Crippen molar-refractivity contribution in [1.29, 1.82) is 5.26 Å². The van der Waals surface area contributed by atoms with Crippen LogP contribution in [0, 0.1) is 11.3 Å². The maximum atomic E-state index is 13.7. The highest BCUT2D eigenvalue weighted by atomic mass is 16.5. The Kier molecular flexibility index (Phi) is 6.12. The molecule has 0 saturated heterocycles. The summed E-state index contributed by atoms with van der Waals surface area (Å²) < 4.78 is 11.2. The molecule has 2 aromatic carbocycles. The molecule has 2 aromatic rings. The monoisotopic (exact) mass is 444 g/mol. The van der Waals surface area contributed by atoms with Crippen molar-refractivity contribution >= 4 is 5.78 Å². The molecule has 1 heterocycles. The van der Waals surface area contributed by atoms with Gasteiger partial charge in [0.15, 0.2) is 17.3 Å². The van der Waals surface area contributed by atoms with Gasteiger partial charge in [-0.3, -0.25) is 9.80 Å². The van der Waals surface area contributed by atoms with Crippen molar-refractivity contribution in [2.24, 2.45) is 5.73 Å². The molecular weight excluding hydrogens is 416 g/mol. The zero-order valence-corrected chi connectivity index (χ0v) is 19.3. The molecular formula is C26H28N4O3. The number of nitrogens with zero attached hydrogens (tertiary/aromatic N) is 3. The van der Waals surface area contributed by atoms with Gasteiger partial charge in [-0.15, -0.1) is 0 Å². The molecule has 2 N–H and O–H groups in total. The van der Waals surface area contributed by atoms with Gasteiger partial charge in [-0.2, -0.15) is 5.26 Å². The summed E-state index contributed by atoms with van der Waals surface area (Å²) in [6.45, 7) is 0. The average Bonchev–Trinajstić information content (AvgIpc) is 2.82. The standard InChI is InChI=1S/C26H28N4O3/c1-29(2)30-20-13-17(16-9-6-5-7-10-16)14-21(31)24(20)23(19(15-27)26(30)28)18-11-8-12-22(32-3)25(18)33-4/h5-12,17,23H,13-14,28H2,1-4H3. The summed E-state index contributed by atoms with van der Waals surface area (Å²) in [5, 5.41) is 13.8. The third kappa shape index (κ3) is 3.73. The van der Waals surface area contributed by atoms with E-state index in [9.17, 15) is 10.1 Å². The molecule has 7 heteroatoms. The van der Waals surface area contributed by atoms with E-state index in [1.54, 1.807) is 25.3 Å². The lowest BCUT2D eigenvalue weighted by Crippen LogP contribution is -2.46. The number of rotatable bonds is 5. The smallest absolute Gasteiger partial charge is 0.164 e. The Morgan fingerprint density at radius 2 is 1.79 bits per heavy atom. The van der Waals surface area contributed by atoms with Crippen molar-refractivity contribution in [3.05, 3.63) is 82.3 Å². The number of hydrogen-bond donors (Lipinski definition) is 1. The van der Waals surface area contributed by atoms with E-state index in [1.807, 2.05) is 49.4 Å². The number of ketones is 1. The molecule has 2 atom stereocenters. The first kappa shape index (κ1) is 22.4. The van der Waals surface area contributed by atoms with Crippen molar-refractivity contribution in [2.75, 3.05) is 28.3 Å². The van der Waals surface area contributed by atoms with Crippen molar-refractivity contribution in [2.45, 2.75) is 24.7 Å². The van der Waals surface area contributed by atoms with Crippen LogP contribution in [0.25, 0.3) is 0 Å². The van der Waals surface area contributed by atoms with Crippen LogP contribution in [0.2, 0.25) is 0 Å². The summed E-state index contributed by atoms with van der Waals surface area (Å²) in [4.78, 5) is 13.7. The Hall–Kier alpha value is -3.76. The molecule has 2 aliphatic rings. The van der Waals surface area contributed by atoms with Gasteiger partial charge in [-0.1, -0.05) is 42.5 Å². The molecule has 0 aromatic heterocycles. The van der Waals surface area contributed by atoms with Crippen LogP contribution in [0.5, 0.6) is 11.5 Å². The average molecular weight is 445 g/mol.